The number of ether oxygens (including phenoxy) is 4. The lowest BCUT2D eigenvalue weighted by atomic mass is 9.89. The Bertz CT molecular complexity index is 1180. The van der Waals surface area contributed by atoms with Crippen LogP contribution in [0.5, 0.6) is 5.75 Å². The highest BCUT2D eigenvalue weighted by atomic mass is 16.6. The van der Waals surface area contributed by atoms with Gasteiger partial charge < -0.3 is 18.9 Å². The summed E-state index contributed by atoms with van der Waals surface area (Å²) in [5.74, 6) is -1.26. The summed E-state index contributed by atoms with van der Waals surface area (Å²) < 4.78 is 22.4. The van der Waals surface area contributed by atoms with E-state index < -0.39 is 23.6 Å². The van der Waals surface area contributed by atoms with Crippen LogP contribution in [0.1, 0.15) is 70.9 Å². The van der Waals surface area contributed by atoms with E-state index in [1.54, 1.807) is 43.3 Å². The van der Waals surface area contributed by atoms with Gasteiger partial charge in [0, 0.05) is 19.4 Å². The molecular weight excluding hydrogens is 508 g/mol. The second-order valence-corrected chi connectivity index (χ2v) is 10.0. The highest BCUT2D eigenvalue weighted by Gasteiger charge is 2.44. The minimum Gasteiger partial charge on any atom is -0.463 e. The molecule has 2 aromatic carbocycles. The summed E-state index contributed by atoms with van der Waals surface area (Å²) in [6.45, 7) is 7.91. The maximum atomic E-state index is 13.5. The van der Waals surface area contributed by atoms with Crippen molar-refractivity contribution < 1.29 is 33.3 Å². The summed E-state index contributed by atoms with van der Waals surface area (Å²) in [6, 6.07) is 16.7. The molecule has 7 nitrogen and oxygen atoms in total. The zero-order valence-electron chi connectivity index (χ0n) is 23.9. The van der Waals surface area contributed by atoms with Gasteiger partial charge in [-0.3, -0.25) is 4.79 Å². The fourth-order valence-electron chi connectivity index (χ4n) is 4.27. The molecule has 7 heteroatoms. The van der Waals surface area contributed by atoms with Crippen LogP contribution in [0.3, 0.4) is 0 Å². The number of aryl methyl sites for hydroxylation is 1. The van der Waals surface area contributed by atoms with Crippen molar-refractivity contribution in [3.8, 4) is 5.75 Å². The first-order chi connectivity index (χ1) is 19.3. The van der Waals surface area contributed by atoms with Gasteiger partial charge in [0.1, 0.15) is 5.75 Å². The highest BCUT2D eigenvalue weighted by molar-refractivity contribution is 5.91. The van der Waals surface area contributed by atoms with Crippen LogP contribution in [0, 0.1) is 0 Å². The van der Waals surface area contributed by atoms with E-state index in [1.165, 1.54) is 0 Å². The molecule has 0 amide bonds. The van der Waals surface area contributed by atoms with Gasteiger partial charge in [0.15, 0.2) is 6.10 Å². The van der Waals surface area contributed by atoms with Gasteiger partial charge in [-0.2, -0.15) is 0 Å². The molecule has 0 aromatic heterocycles. The second kappa shape index (κ2) is 15.2. The number of rotatable bonds is 14. The number of allylic oxidation sites excluding steroid dienone is 2. The third-order valence-corrected chi connectivity index (χ3v) is 6.58. The van der Waals surface area contributed by atoms with E-state index in [2.05, 4.69) is 6.92 Å². The monoisotopic (exact) mass is 548 g/mol. The third-order valence-electron chi connectivity index (χ3n) is 6.58. The Hall–Kier alpha value is -3.71. The van der Waals surface area contributed by atoms with Crippen molar-refractivity contribution in [1.29, 1.82) is 0 Å². The maximum Gasteiger partial charge on any atom is 0.360 e. The van der Waals surface area contributed by atoms with E-state index in [0.717, 1.165) is 36.0 Å². The van der Waals surface area contributed by atoms with E-state index in [9.17, 15) is 14.4 Å². The molecular formula is C33H40O7. The van der Waals surface area contributed by atoms with Crippen molar-refractivity contribution in [2.24, 2.45) is 0 Å². The molecule has 0 bridgehead atoms. The Labute approximate surface area is 237 Å². The molecule has 40 heavy (non-hydrogen) atoms. The molecule has 3 rings (SSSR count). The Balaban J connectivity index is 1.69. The molecule has 0 aliphatic heterocycles. The zero-order valence-corrected chi connectivity index (χ0v) is 23.9. The van der Waals surface area contributed by atoms with Gasteiger partial charge in [-0.25, -0.2) is 9.59 Å². The first-order valence-corrected chi connectivity index (χ1v) is 14.1. The van der Waals surface area contributed by atoms with Gasteiger partial charge in [-0.15, -0.1) is 0 Å². The quantitative estimate of drug-likeness (QED) is 0.199. The van der Waals surface area contributed by atoms with Crippen molar-refractivity contribution in [2.75, 3.05) is 6.61 Å². The van der Waals surface area contributed by atoms with E-state index >= 15 is 0 Å². The molecule has 1 unspecified atom stereocenters. The molecule has 0 N–H and O–H groups in total. The van der Waals surface area contributed by atoms with Crippen LogP contribution >= 0.6 is 0 Å². The van der Waals surface area contributed by atoms with Crippen LogP contribution in [0.15, 0.2) is 72.8 Å². The smallest absolute Gasteiger partial charge is 0.360 e. The lowest BCUT2D eigenvalue weighted by Crippen LogP contribution is -2.46. The van der Waals surface area contributed by atoms with Gasteiger partial charge in [0.2, 0.25) is 5.60 Å². The standard InChI is InChI=1S/C33H40O7/c1-5-10-24(3)38-30(34)18-15-26-13-16-29(17-14-26)39-32(36)33(40-31(35)25(4)37-23-6-2)21-19-28(20-22-33)27-11-8-7-9-12-27/h7-9,11-14,16-17,19-21,24-25H,5-6,10,15,18,22-23H2,1-4H3/t24-,25-,33?/m0/s1. The lowest BCUT2D eigenvalue weighted by molar-refractivity contribution is -0.178. The van der Waals surface area contributed by atoms with Gasteiger partial charge in [0.25, 0.3) is 0 Å². The summed E-state index contributed by atoms with van der Waals surface area (Å²) in [5, 5.41) is 0. The summed E-state index contributed by atoms with van der Waals surface area (Å²) in [4.78, 5) is 38.4. The molecule has 3 atom stereocenters. The van der Waals surface area contributed by atoms with Gasteiger partial charge >= 0.3 is 17.9 Å². The van der Waals surface area contributed by atoms with Crippen molar-refractivity contribution in [1.82, 2.24) is 0 Å². The SMILES string of the molecule is CCCO[C@@H](C)C(=O)OC1(C(=O)Oc2ccc(CCC(=O)O[C@@H](C)CCC)cc2)C=CC(c2ccccc2)=CC1. The number of benzene rings is 2. The number of carbonyl (C=O) groups is 3. The molecule has 0 heterocycles. The normalized spacial score (nSPS) is 17.9. The summed E-state index contributed by atoms with van der Waals surface area (Å²) in [5.41, 5.74) is 1.20. The molecule has 0 saturated heterocycles. The predicted octanol–water partition coefficient (Wildman–Crippen LogP) is 6.40. The van der Waals surface area contributed by atoms with Gasteiger partial charge in [-0.1, -0.05) is 74.9 Å². The summed E-state index contributed by atoms with van der Waals surface area (Å²) in [6.07, 6.45) is 7.76. The van der Waals surface area contributed by atoms with Crippen LogP contribution < -0.4 is 4.74 Å². The average Bonchev–Trinajstić information content (AvgIpc) is 2.96. The van der Waals surface area contributed by atoms with E-state index in [-0.39, 0.29) is 24.9 Å². The Morgan fingerprint density at radius 3 is 2.30 bits per heavy atom. The zero-order chi connectivity index (χ0) is 29.0. The fraction of sp³-hybridized carbons (Fsp3) is 0.424. The largest absolute Gasteiger partial charge is 0.463 e. The van der Waals surface area contributed by atoms with Crippen molar-refractivity contribution in [2.45, 2.75) is 84.0 Å². The average molecular weight is 549 g/mol. The number of hydrogen-bond donors (Lipinski definition) is 0. The van der Waals surface area contributed by atoms with Crippen LogP contribution in [0.4, 0.5) is 0 Å². The molecule has 0 radical (unpaired) electrons. The van der Waals surface area contributed by atoms with E-state index in [4.69, 9.17) is 18.9 Å². The summed E-state index contributed by atoms with van der Waals surface area (Å²) in [7, 11) is 0. The third kappa shape index (κ3) is 8.91. The molecule has 214 valence electrons. The molecule has 0 fully saturated rings. The molecule has 2 aromatic rings. The minimum absolute atomic E-state index is 0.0886. The predicted molar refractivity (Wildman–Crippen MR) is 154 cm³/mol. The first kappa shape index (κ1) is 30.8. The highest BCUT2D eigenvalue weighted by Crippen LogP contribution is 2.32. The van der Waals surface area contributed by atoms with Crippen LogP contribution in [-0.2, 0) is 35.0 Å². The Kier molecular flexibility index (Phi) is 11.7. The number of carbonyl (C=O) groups excluding carboxylic acids is 3. The van der Waals surface area contributed by atoms with Gasteiger partial charge in [0.05, 0.1) is 6.10 Å². The van der Waals surface area contributed by atoms with Crippen LogP contribution in [-0.4, -0.2) is 42.3 Å². The fourth-order valence-corrected chi connectivity index (χ4v) is 4.27. The van der Waals surface area contributed by atoms with Crippen molar-refractivity contribution in [3.05, 3.63) is 84.0 Å². The molecule has 1 aliphatic carbocycles. The van der Waals surface area contributed by atoms with E-state index in [1.807, 2.05) is 50.3 Å². The topological polar surface area (TPSA) is 88.1 Å². The molecule has 0 saturated carbocycles. The second-order valence-electron chi connectivity index (χ2n) is 10.0. The Morgan fingerprint density at radius 1 is 0.950 bits per heavy atom. The molecule has 1 aliphatic rings. The molecule has 0 spiro atoms. The van der Waals surface area contributed by atoms with Crippen LogP contribution in [0.2, 0.25) is 0 Å². The first-order valence-electron chi connectivity index (χ1n) is 14.1. The van der Waals surface area contributed by atoms with Gasteiger partial charge in [-0.05, 0) is 68.0 Å². The maximum absolute atomic E-state index is 13.5. The minimum atomic E-state index is -1.63. The Morgan fingerprint density at radius 2 is 1.68 bits per heavy atom. The number of hydrogen-bond acceptors (Lipinski definition) is 7. The van der Waals surface area contributed by atoms with Crippen LogP contribution in [0.25, 0.3) is 5.57 Å². The lowest BCUT2D eigenvalue weighted by Gasteiger charge is -2.31. The summed E-state index contributed by atoms with van der Waals surface area (Å²) >= 11 is 0. The van der Waals surface area contributed by atoms with Crippen molar-refractivity contribution >= 4 is 23.5 Å². The van der Waals surface area contributed by atoms with E-state index in [0.29, 0.717) is 18.8 Å². The number of esters is 3. The van der Waals surface area contributed by atoms with Crippen molar-refractivity contribution in [3.63, 3.8) is 0 Å².